The van der Waals surface area contributed by atoms with Crippen LogP contribution < -0.4 is 0 Å². The number of esters is 1. The van der Waals surface area contributed by atoms with Gasteiger partial charge in [0.05, 0.1) is 6.61 Å². The van der Waals surface area contributed by atoms with E-state index in [2.05, 4.69) is 0 Å². The van der Waals surface area contributed by atoms with E-state index in [0.29, 0.717) is 12.8 Å². The molecule has 19 heavy (non-hydrogen) atoms. The fourth-order valence-corrected chi connectivity index (χ4v) is 1.94. The molecule has 0 rings (SSSR count). The molecule has 0 aliphatic heterocycles. The summed E-state index contributed by atoms with van der Waals surface area (Å²) in [6.45, 7) is 3.07. The van der Waals surface area contributed by atoms with Gasteiger partial charge in [-0.25, -0.2) is 0 Å². The number of aliphatic carboxylic acids is 1. The lowest BCUT2D eigenvalue weighted by Gasteiger charge is -2.19. The summed E-state index contributed by atoms with van der Waals surface area (Å²) in [5.41, 5.74) is 0. The van der Waals surface area contributed by atoms with Gasteiger partial charge in [-0.2, -0.15) is 0 Å². The third-order valence-electron chi connectivity index (χ3n) is 2.84. The number of carboxylic acid groups (broad SMARTS) is 1. The van der Waals surface area contributed by atoms with Crippen molar-refractivity contribution in [3.63, 3.8) is 0 Å². The van der Waals surface area contributed by atoms with Crippen molar-refractivity contribution in [1.29, 1.82) is 0 Å². The van der Waals surface area contributed by atoms with Gasteiger partial charge in [0, 0.05) is 10.8 Å². The van der Waals surface area contributed by atoms with E-state index in [0.717, 1.165) is 12.8 Å². The molecule has 0 aromatic heterocycles. The van der Waals surface area contributed by atoms with Crippen LogP contribution in [0.25, 0.3) is 0 Å². The molecule has 0 spiro atoms. The maximum absolute atomic E-state index is 11.6. The summed E-state index contributed by atoms with van der Waals surface area (Å²) < 4.78 is 4.69. The fraction of sp³-hybridized carbons (Fsp3) is 0.833. The molecule has 0 aromatic rings. The van der Waals surface area contributed by atoms with Crippen molar-refractivity contribution in [2.24, 2.45) is 11.8 Å². The number of hydrogen-bond donors (Lipinski definition) is 1. The van der Waals surface area contributed by atoms with E-state index in [9.17, 15) is 19.7 Å². The minimum Gasteiger partial charge on any atom is -0.481 e. The maximum Gasteiger partial charge on any atom is 0.320 e. The SMILES string of the molecule is CCCCCC(C[N+](=O)[O-])[C@@H](C(=O)O)C(=O)OCC. The van der Waals surface area contributed by atoms with Crippen LogP contribution in [0.1, 0.15) is 39.5 Å². The molecular formula is C12H21NO6. The van der Waals surface area contributed by atoms with Crippen molar-refractivity contribution >= 4 is 11.9 Å². The van der Waals surface area contributed by atoms with Gasteiger partial charge in [-0.3, -0.25) is 19.7 Å². The summed E-state index contributed by atoms with van der Waals surface area (Å²) in [4.78, 5) is 32.8. The van der Waals surface area contributed by atoms with E-state index in [-0.39, 0.29) is 6.61 Å². The Balaban J connectivity index is 4.85. The minimum atomic E-state index is -1.46. The van der Waals surface area contributed by atoms with Crippen LogP contribution in [0.15, 0.2) is 0 Å². The Morgan fingerprint density at radius 2 is 1.95 bits per heavy atom. The van der Waals surface area contributed by atoms with Gasteiger partial charge >= 0.3 is 11.9 Å². The fourth-order valence-electron chi connectivity index (χ4n) is 1.94. The molecule has 2 atom stereocenters. The Kier molecular flexibility index (Phi) is 8.48. The van der Waals surface area contributed by atoms with Crippen LogP contribution in [0, 0.1) is 22.0 Å². The van der Waals surface area contributed by atoms with Crippen LogP contribution in [0.4, 0.5) is 0 Å². The normalized spacial score (nSPS) is 13.6. The van der Waals surface area contributed by atoms with Crippen LogP contribution in [-0.4, -0.2) is 35.1 Å². The zero-order valence-electron chi connectivity index (χ0n) is 11.3. The second kappa shape index (κ2) is 9.29. The van der Waals surface area contributed by atoms with Crippen LogP contribution in [0.3, 0.4) is 0 Å². The van der Waals surface area contributed by atoms with Gasteiger partial charge in [0.2, 0.25) is 6.54 Å². The number of unbranched alkanes of at least 4 members (excludes halogenated alkanes) is 2. The largest absolute Gasteiger partial charge is 0.481 e. The molecule has 1 unspecified atom stereocenters. The molecule has 0 aliphatic rings. The van der Waals surface area contributed by atoms with E-state index in [1.807, 2.05) is 6.92 Å². The predicted molar refractivity (Wildman–Crippen MR) is 67.3 cm³/mol. The highest BCUT2D eigenvalue weighted by Gasteiger charge is 2.38. The Morgan fingerprint density at radius 3 is 2.37 bits per heavy atom. The van der Waals surface area contributed by atoms with Gasteiger partial charge in [0.25, 0.3) is 0 Å². The van der Waals surface area contributed by atoms with E-state index in [4.69, 9.17) is 9.84 Å². The Labute approximate surface area is 112 Å². The molecular weight excluding hydrogens is 254 g/mol. The zero-order valence-corrected chi connectivity index (χ0v) is 11.3. The summed E-state index contributed by atoms with van der Waals surface area (Å²) in [6.07, 6.45) is 2.77. The molecule has 0 fully saturated rings. The summed E-state index contributed by atoms with van der Waals surface area (Å²) in [5, 5.41) is 19.7. The van der Waals surface area contributed by atoms with E-state index in [1.165, 1.54) is 0 Å². The molecule has 1 N–H and O–H groups in total. The topological polar surface area (TPSA) is 107 Å². The number of carbonyl (C=O) groups is 2. The molecule has 0 aromatic carbocycles. The number of ether oxygens (including phenoxy) is 1. The van der Waals surface area contributed by atoms with Gasteiger partial charge < -0.3 is 9.84 Å². The van der Waals surface area contributed by atoms with Gasteiger partial charge in [0.15, 0.2) is 5.92 Å². The van der Waals surface area contributed by atoms with Gasteiger partial charge in [-0.1, -0.05) is 26.2 Å². The van der Waals surface area contributed by atoms with Crippen LogP contribution in [0.2, 0.25) is 0 Å². The number of carbonyl (C=O) groups excluding carboxylic acids is 1. The van der Waals surface area contributed by atoms with Crippen molar-refractivity contribution in [3.8, 4) is 0 Å². The average Bonchev–Trinajstić information content (AvgIpc) is 2.28. The first-order valence-electron chi connectivity index (χ1n) is 6.45. The lowest BCUT2D eigenvalue weighted by Crippen LogP contribution is -2.36. The van der Waals surface area contributed by atoms with Gasteiger partial charge in [0.1, 0.15) is 0 Å². The maximum atomic E-state index is 11.6. The molecule has 0 radical (unpaired) electrons. The highest BCUT2D eigenvalue weighted by atomic mass is 16.6. The van der Waals surface area contributed by atoms with Crippen molar-refractivity contribution in [2.45, 2.75) is 39.5 Å². The molecule has 0 bridgehead atoms. The number of hydrogen-bond acceptors (Lipinski definition) is 5. The second-order valence-electron chi connectivity index (χ2n) is 4.34. The molecule has 0 heterocycles. The first-order chi connectivity index (χ1) is 8.93. The quantitative estimate of drug-likeness (QED) is 0.214. The summed E-state index contributed by atoms with van der Waals surface area (Å²) in [7, 11) is 0. The number of nitrogens with zero attached hydrogens (tertiary/aromatic N) is 1. The first kappa shape index (κ1) is 17.3. The summed E-state index contributed by atoms with van der Waals surface area (Å²) in [5.74, 6) is -4.53. The monoisotopic (exact) mass is 275 g/mol. The van der Waals surface area contributed by atoms with Crippen LogP contribution in [0.5, 0.6) is 0 Å². The lowest BCUT2D eigenvalue weighted by molar-refractivity contribution is -0.489. The highest BCUT2D eigenvalue weighted by molar-refractivity contribution is 5.94. The first-order valence-corrected chi connectivity index (χ1v) is 6.45. The minimum absolute atomic E-state index is 0.0583. The van der Waals surface area contributed by atoms with Gasteiger partial charge in [-0.05, 0) is 13.3 Å². The van der Waals surface area contributed by atoms with Crippen LogP contribution >= 0.6 is 0 Å². The van der Waals surface area contributed by atoms with Crippen molar-refractivity contribution in [3.05, 3.63) is 10.1 Å². The molecule has 7 heteroatoms. The van der Waals surface area contributed by atoms with Crippen molar-refractivity contribution in [1.82, 2.24) is 0 Å². The van der Waals surface area contributed by atoms with E-state index in [1.54, 1.807) is 6.92 Å². The van der Waals surface area contributed by atoms with E-state index >= 15 is 0 Å². The van der Waals surface area contributed by atoms with Crippen molar-refractivity contribution in [2.75, 3.05) is 13.2 Å². The van der Waals surface area contributed by atoms with Crippen molar-refractivity contribution < 1.29 is 24.4 Å². The highest BCUT2D eigenvalue weighted by Crippen LogP contribution is 2.22. The molecule has 0 saturated heterocycles. The average molecular weight is 275 g/mol. The van der Waals surface area contributed by atoms with Crippen LogP contribution in [-0.2, 0) is 14.3 Å². The third kappa shape index (κ3) is 6.73. The van der Waals surface area contributed by atoms with E-state index < -0.39 is 35.2 Å². The number of nitro groups is 1. The summed E-state index contributed by atoms with van der Waals surface area (Å²) >= 11 is 0. The second-order valence-corrected chi connectivity index (χ2v) is 4.34. The Morgan fingerprint density at radius 1 is 1.32 bits per heavy atom. The Bertz CT molecular complexity index is 317. The molecule has 0 saturated carbocycles. The predicted octanol–water partition coefficient (Wildman–Crippen LogP) is 1.72. The third-order valence-corrected chi connectivity index (χ3v) is 2.84. The number of rotatable bonds is 10. The Hall–Kier alpha value is -1.66. The zero-order chi connectivity index (χ0) is 14.8. The molecule has 0 aliphatic carbocycles. The molecule has 7 nitrogen and oxygen atoms in total. The lowest BCUT2D eigenvalue weighted by atomic mass is 9.87. The standard InChI is InChI=1S/C12H21NO6/c1-3-5-6-7-9(8-13(17)18)10(11(14)15)12(16)19-4-2/h9-10H,3-8H2,1-2H3,(H,14,15)/t9?,10-/m0/s1. The smallest absolute Gasteiger partial charge is 0.320 e. The number of carboxylic acids is 1. The molecule has 0 amide bonds. The molecule has 110 valence electrons. The van der Waals surface area contributed by atoms with Gasteiger partial charge in [-0.15, -0.1) is 0 Å². The summed E-state index contributed by atoms with van der Waals surface area (Å²) in [6, 6.07) is 0.